The number of esters is 1. The number of carbonyl (C=O) groups excluding carboxylic acids is 1. The number of aliphatic hydroxyl groups excluding tert-OH is 1. The summed E-state index contributed by atoms with van der Waals surface area (Å²) < 4.78 is 4.84. The Morgan fingerprint density at radius 2 is 1.67 bits per heavy atom. The Morgan fingerprint density at radius 1 is 1.07 bits per heavy atom. The number of ether oxygens (including phenoxy) is 1. The molecule has 2 aromatic carbocycles. The molecule has 0 radical (unpaired) electrons. The zero-order valence-electron chi connectivity index (χ0n) is 16.5. The number of hydrogen-bond donors (Lipinski definition) is 2. The minimum Gasteiger partial charge on any atom is -0.464 e. The summed E-state index contributed by atoms with van der Waals surface area (Å²) in [5, 5.41) is 14.5. The third-order valence-corrected chi connectivity index (χ3v) is 5.46. The van der Waals surface area contributed by atoms with Gasteiger partial charge in [0.2, 0.25) is 0 Å². The molecule has 154 valence electrons. The van der Waals surface area contributed by atoms with Crippen LogP contribution < -0.4 is 5.32 Å². The number of halogens is 1. The minimum atomic E-state index is -0.870. The number of anilines is 1. The first kappa shape index (κ1) is 20.3. The Labute approximate surface area is 179 Å². The highest BCUT2D eigenvalue weighted by atomic mass is 35.5. The highest BCUT2D eigenvalue weighted by molar-refractivity contribution is 6.35. The molecular formula is C23H22ClN3O3. The van der Waals surface area contributed by atoms with Crippen molar-refractivity contribution in [3.8, 4) is 0 Å². The maximum Gasteiger partial charge on any atom is 0.358 e. The van der Waals surface area contributed by atoms with E-state index >= 15 is 0 Å². The van der Waals surface area contributed by atoms with E-state index in [0.717, 1.165) is 24.0 Å². The third-order valence-electron chi connectivity index (χ3n) is 5.10. The van der Waals surface area contributed by atoms with Crippen molar-refractivity contribution >= 4 is 23.4 Å². The van der Waals surface area contributed by atoms with Gasteiger partial charge in [0, 0.05) is 5.92 Å². The Hall–Kier alpha value is -2.96. The zero-order valence-corrected chi connectivity index (χ0v) is 17.2. The van der Waals surface area contributed by atoms with Crippen LogP contribution >= 0.6 is 11.6 Å². The van der Waals surface area contributed by atoms with E-state index in [1.165, 1.54) is 7.11 Å². The van der Waals surface area contributed by atoms with Crippen molar-refractivity contribution in [3.05, 3.63) is 88.3 Å². The fourth-order valence-electron chi connectivity index (χ4n) is 3.31. The molecule has 2 N–H and O–H groups in total. The Morgan fingerprint density at radius 3 is 2.23 bits per heavy atom. The molecule has 0 bridgehead atoms. The second-order valence-electron chi connectivity index (χ2n) is 7.25. The molecule has 1 saturated carbocycles. The SMILES string of the molecule is COC(=O)c1nc(C2CC2)nc(N[C@@H](c2ccccc2)[C@H](O)c2ccccc2)c1Cl. The van der Waals surface area contributed by atoms with Crippen LogP contribution in [0.5, 0.6) is 0 Å². The zero-order chi connectivity index (χ0) is 21.1. The molecule has 4 rings (SSSR count). The number of benzene rings is 2. The summed E-state index contributed by atoms with van der Waals surface area (Å²) in [6, 6.07) is 18.4. The van der Waals surface area contributed by atoms with Gasteiger partial charge in [-0.05, 0) is 24.0 Å². The molecule has 0 unspecified atom stereocenters. The van der Waals surface area contributed by atoms with E-state index < -0.39 is 18.1 Å². The number of rotatable bonds is 7. The summed E-state index contributed by atoms with van der Waals surface area (Å²) in [4.78, 5) is 21.1. The number of methoxy groups -OCH3 is 1. The molecule has 0 amide bonds. The quantitative estimate of drug-likeness (QED) is 0.537. The summed E-state index contributed by atoms with van der Waals surface area (Å²) in [5.74, 6) is 0.453. The van der Waals surface area contributed by atoms with Gasteiger partial charge in [-0.2, -0.15) is 0 Å². The predicted molar refractivity (Wildman–Crippen MR) is 115 cm³/mol. The van der Waals surface area contributed by atoms with E-state index in [9.17, 15) is 9.90 Å². The lowest BCUT2D eigenvalue weighted by atomic mass is 9.96. The van der Waals surface area contributed by atoms with Crippen LogP contribution in [-0.2, 0) is 4.74 Å². The summed E-state index contributed by atoms with van der Waals surface area (Å²) in [5.41, 5.74) is 1.63. The summed E-state index contributed by atoms with van der Waals surface area (Å²) in [7, 11) is 1.29. The van der Waals surface area contributed by atoms with Gasteiger partial charge in [0.1, 0.15) is 22.8 Å². The predicted octanol–water partition coefficient (Wildman–Crippen LogP) is 4.68. The lowest BCUT2D eigenvalue weighted by Crippen LogP contribution is -2.21. The van der Waals surface area contributed by atoms with E-state index in [2.05, 4.69) is 15.3 Å². The van der Waals surface area contributed by atoms with E-state index in [0.29, 0.717) is 11.6 Å². The summed E-state index contributed by atoms with van der Waals surface area (Å²) >= 11 is 6.49. The van der Waals surface area contributed by atoms with Gasteiger partial charge < -0.3 is 15.2 Å². The largest absolute Gasteiger partial charge is 0.464 e. The number of aromatic nitrogens is 2. The second-order valence-corrected chi connectivity index (χ2v) is 7.63. The molecule has 3 aromatic rings. The smallest absolute Gasteiger partial charge is 0.358 e. The molecule has 1 fully saturated rings. The van der Waals surface area contributed by atoms with E-state index in [4.69, 9.17) is 16.3 Å². The molecule has 1 aromatic heterocycles. The van der Waals surface area contributed by atoms with Gasteiger partial charge in [0.15, 0.2) is 5.69 Å². The molecule has 0 saturated heterocycles. The second kappa shape index (κ2) is 8.81. The van der Waals surface area contributed by atoms with Gasteiger partial charge in [-0.1, -0.05) is 72.3 Å². The minimum absolute atomic E-state index is 0.0274. The maximum atomic E-state index is 12.2. The summed E-state index contributed by atoms with van der Waals surface area (Å²) in [6.45, 7) is 0. The van der Waals surface area contributed by atoms with Crippen molar-refractivity contribution in [2.24, 2.45) is 0 Å². The Kier molecular flexibility index (Phi) is 5.97. The van der Waals surface area contributed by atoms with Crippen molar-refractivity contribution in [2.45, 2.75) is 30.9 Å². The van der Waals surface area contributed by atoms with Crippen LogP contribution in [0, 0.1) is 0 Å². The highest BCUT2D eigenvalue weighted by Gasteiger charge is 2.31. The molecule has 30 heavy (non-hydrogen) atoms. The van der Waals surface area contributed by atoms with Gasteiger partial charge in [-0.25, -0.2) is 14.8 Å². The highest BCUT2D eigenvalue weighted by Crippen LogP contribution is 2.41. The number of nitrogens with zero attached hydrogens (tertiary/aromatic N) is 2. The number of carbonyl (C=O) groups is 1. The van der Waals surface area contributed by atoms with Gasteiger partial charge in [-0.3, -0.25) is 0 Å². The van der Waals surface area contributed by atoms with Crippen LogP contribution in [0.15, 0.2) is 60.7 Å². The van der Waals surface area contributed by atoms with Crippen LogP contribution in [0.25, 0.3) is 0 Å². The van der Waals surface area contributed by atoms with Crippen LogP contribution in [0.1, 0.15) is 58.3 Å². The topological polar surface area (TPSA) is 84.3 Å². The molecule has 1 heterocycles. The molecule has 6 nitrogen and oxygen atoms in total. The van der Waals surface area contributed by atoms with Gasteiger partial charge >= 0.3 is 5.97 Å². The fraction of sp³-hybridized carbons (Fsp3) is 0.261. The van der Waals surface area contributed by atoms with Gasteiger partial charge in [0.25, 0.3) is 0 Å². The van der Waals surface area contributed by atoms with E-state index in [1.54, 1.807) is 0 Å². The average molecular weight is 424 g/mol. The van der Waals surface area contributed by atoms with Crippen molar-refractivity contribution < 1.29 is 14.6 Å². The van der Waals surface area contributed by atoms with E-state index in [-0.39, 0.29) is 16.6 Å². The molecule has 7 heteroatoms. The van der Waals surface area contributed by atoms with E-state index in [1.807, 2.05) is 60.7 Å². The van der Waals surface area contributed by atoms with Crippen molar-refractivity contribution in [1.82, 2.24) is 9.97 Å². The van der Waals surface area contributed by atoms with Crippen molar-refractivity contribution in [1.29, 1.82) is 0 Å². The maximum absolute atomic E-state index is 12.2. The number of aliphatic hydroxyl groups is 1. The normalized spacial score (nSPS) is 15.3. The van der Waals surface area contributed by atoms with Crippen LogP contribution in [-0.4, -0.2) is 28.2 Å². The lowest BCUT2D eigenvalue weighted by molar-refractivity contribution is 0.0593. The Balaban J connectivity index is 1.76. The van der Waals surface area contributed by atoms with Crippen LogP contribution in [0.2, 0.25) is 5.02 Å². The first-order valence-corrected chi connectivity index (χ1v) is 10.2. The lowest BCUT2D eigenvalue weighted by Gasteiger charge is -2.26. The monoisotopic (exact) mass is 423 g/mol. The molecule has 1 aliphatic carbocycles. The third kappa shape index (κ3) is 4.30. The first-order valence-electron chi connectivity index (χ1n) is 9.78. The molecular weight excluding hydrogens is 402 g/mol. The fourth-order valence-corrected chi connectivity index (χ4v) is 3.53. The summed E-state index contributed by atoms with van der Waals surface area (Å²) in [6.07, 6.45) is 1.07. The van der Waals surface area contributed by atoms with Crippen LogP contribution in [0.4, 0.5) is 5.82 Å². The average Bonchev–Trinajstić information content (AvgIpc) is 3.64. The van der Waals surface area contributed by atoms with Crippen LogP contribution in [0.3, 0.4) is 0 Å². The van der Waals surface area contributed by atoms with Crippen molar-refractivity contribution in [2.75, 3.05) is 12.4 Å². The molecule has 0 aliphatic heterocycles. The Bertz CT molecular complexity index is 1030. The molecule has 2 atom stereocenters. The molecule has 0 spiro atoms. The molecule has 1 aliphatic rings. The van der Waals surface area contributed by atoms with Crippen molar-refractivity contribution in [3.63, 3.8) is 0 Å². The number of nitrogens with one attached hydrogen (secondary N) is 1. The standard InChI is InChI=1S/C23H22ClN3O3/c1-30-23(29)19-17(24)22(27-21(26-19)16-12-13-16)25-18(14-8-4-2-5-9-14)20(28)15-10-6-3-7-11-15/h2-11,16,18,20,28H,12-13H2,1H3,(H,25,26,27)/t18-,20+/m0/s1. The first-order chi connectivity index (χ1) is 14.6. The van der Waals surface area contributed by atoms with Gasteiger partial charge in [-0.15, -0.1) is 0 Å². The van der Waals surface area contributed by atoms with Gasteiger partial charge in [0.05, 0.1) is 13.2 Å². The number of hydrogen-bond acceptors (Lipinski definition) is 6.